The van der Waals surface area contributed by atoms with Gasteiger partial charge in [0.2, 0.25) is 0 Å². The molecule has 0 radical (unpaired) electrons. The Balaban J connectivity index is 2.62. The molecule has 0 fully saturated rings. The maximum Gasteiger partial charge on any atom is 0.321 e. The molecule has 1 aromatic carbocycles. The summed E-state index contributed by atoms with van der Waals surface area (Å²) in [6, 6.07) is 5.63. The van der Waals surface area contributed by atoms with E-state index in [-0.39, 0.29) is 18.6 Å². The molecular formula is C13H15FO5S. The summed E-state index contributed by atoms with van der Waals surface area (Å²) in [6.07, 6.45) is -0.325. The number of esters is 1. The molecule has 0 atom stereocenters. The monoisotopic (exact) mass is 302 g/mol. The first-order chi connectivity index (χ1) is 9.34. The Morgan fingerprint density at radius 1 is 1.20 bits per heavy atom. The maximum atomic E-state index is 13.3. The van der Waals surface area contributed by atoms with Crippen LogP contribution < -0.4 is 0 Å². The Hall–Kier alpha value is -1.76. The molecular weight excluding hydrogens is 287 g/mol. The van der Waals surface area contributed by atoms with Gasteiger partial charge in [-0.15, -0.1) is 0 Å². The number of halogens is 1. The summed E-state index contributed by atoms with van der Waals surface area (Å²) in [5.41, 5.74) is 0.129. The van der Waals surface area contributed by atoms with E-state index in [1.165, 1.54) is 18.2 Å². The van der Waals surface area contributed by atoms with E-state index in [4.69, 9.17) is 0 Å². The van der Waals surface area contributed by atoms with Gasteiger partial charge in [-0.2, -0.15) is 0 Å². The van der Waals surface area contributed by atoms with Crippen LogP contribution >= 0.6 is 0 Å². The van der Waals surface area contributed by atoms with Crippen molar-refractivity contribution >= 4 is 21.6 Å². The molecule has 0 N–H and O–H groups in total. The fraction of sp³-hybridized carbons (Fsp3) is 0.385. The Bertz CT molecular complexity index is 595. The fourth-order valence-electron chi connectivity index (χ4n) is 1.58. The molecule has 0 saturated carbocycles. The Morgan fingerprint density at radius 3 is 2.45 bits per heavy atom. The first kappa shape index (κ1) is 16.3. The van der Waals surface area contributed by atoms with Gasteiger partial charge in [0.05, 0.1) is 6.61 Å². The molecule has 0 aliphatic rings. The summed E-state index contributed by atoms with van der Waals surface area (Å²) >= 11 is 0. The first-order valence-electron chi connectivity index (χ1n) is 5.95. The fourth-order valence-corrected chi connectivity index (χ4v) is 2.72. The molecule has 1 aromatic rings. The number of sulfone groups is 1. The van der Waals surface area contributed by atoms with Gasteiger partial charge in [-0.25, -0.2) is 12.8 Å². The zero-order valence-corrected chi connectivity index (χ0v) is 11.8. The summed E-state index contributed by atoms with van der Waals surface area (Å²) in [7, 11) is -3.88. The molecule has 0 unspecified atom stereocenters. The number of carbonyl (C=O) groups excluding carboxylic acids is 2. The zero-order valence-electron chi connectivity index (χ0n) is 11.0. The van der Waals surface area contributed by atoms with Gasteiger partial charge in [-0.1, -0.05) is 18.2 Å². The lowest BCUT2D eigenvalue weighted by Crippen LogP contribution is -2.26. The maximum absolute atomic E-state index is 13.3. The van der Waals surface area contributed by atoms with Crippen LogP contribution in [0, 0.1) is 5.82 Å². The molecule has 0 saturated heterocycles. The number of hydrogen-bond acceptors (Lipinski definition) is 5. The highest BCUT2D eigenvalue weighted by atomic mass is 32.2. The second kappa shape index (κ2) is 7.14. The molecule has 20 heavy (non-hydrogen) atoms. The molecule has 0 amide bonds. The van der Waals surface area contributed by atoms with E-state index in [0.29, 0.717) is 0 Å². The minimum absolute atomic E-state index is 0.0670. The van der Waals surface area contributed by atoms with Crippen LogP contribution in [-0.4, -0.2) is 38.3 Å². The van der Waals surface area contributed by atoms with Gasteiger partial charge < -0.3 is 4.74 Å². The van der Waals surface area contributed by atoms with E-state index in [1.54, 1.807) is 13.0 Å². The predicted octanol–water partition coefficient (Wildman–Crippen LogP) is 0.915. The van der Waals surface area contributed by atoms with Gasteiger partial charge in [0.25, 0.3) is 0 Å². The second-order valence-electron chi connectivity index (χ2n) is 4.14. The van der Waals surface area contributed by atoms with Gasteiger partial charge in [0, 0.05) is 6.42 Å². The van der Waals surface area contributed by atoms with Crippen molar-refractivity contribution in [3.8, 4) is 0 Å². The molecule has 110 valence electrons. The van der Waals surface area contributed by atoms with Gasteiger partial charge in [0.1, 0.15) is 17.3 Å². The second-order valence-corrected chi connectivity index (χ2v) is 6.21. The van der Waals surface area contributed by atoms with Crippen molar-refractivity contribution in [1.29, 1.82) is 0 Å². The third kappa shape index (κ3) is 5.48. The van der Waals surface area contributed by atoms with Crippen LogP contribution in [0.3, 0.4) is 0 Å². The van der Waals surface area contributed by atoms with E-state index < -0.39 is 38.9 Å². The van der Waals surface area contributed by atoms with Crippen molar-refractivity contribution in [1.82, 2.24) is 0 Å². The van der Waals surface area contributed by atoms with Crippen LogP contribution in [0.4, 0.5) is 4.39 Å². The van der Waals surface area contributed by atoms with E-state index in [0.717, 1.165) is 0 Å². The molecule has 5 nitrogen and oxygen atoms in total. The minimum Gasteiger partial charge on any atom is -0.465 e. The molecule has 0 aliphatic carbocycles. The third-order valence-electron chi connectivity index (χ3n) is 2.37. The summed E-state index contributed by atoms with van der Waals surface area (Å²) in [5, 5.41) is 0. The smallest absolute Gasteiger partial charge is 0.321 e. The van der Waals surface area contributed by atoms with Crippen molar-refractivity contribution in [2.45, 2.75) is 13.3 Å². The molecule has 0 bridgehead atoms. The van der Waals surface area contributed by atoms with Crippen molar-refractivity contribution in [2.75, 3.05) is 18.1 Å². The van der Waals surface area contributed by atoms with Crippen LogP contribution in [-0.2, 0) is 30.6 Å². The lowest BCUT2D eigenvalue weighted by Gasteiger charge is -2.05. The molecule has 0 heterocycles. The standard InChI is InChI=1S/C13H15FO5S/c1-2-19-13(16)9-20(17,18)8-11(15)7-10-5-3-4-6-12(10)14/h3-6H,2,7-9H2,1H3. The van der Waals surface area contributed by atoms with Crippen molar-refractivity contribution in [3.63, 3.8) is 0 Å². The average Bonchev–Trinajstić information content (AvgIpc) is 2.30. The molecule has 7 heteroatoms. The molecule has 1 rings (SSSR count). The van der Waals surface area contributed by atoms with Gasteiger partial charge in [0.15, 0.2) is 15.6 Å². The Morgan fingerprint density at radius 2 is 1.85 bits per heavy atom. The average molecular weight is 302 g/mol. The van der Waals surface area contributed by atoms with Crippen molar-refractivity contribution in [2.24, 2.45) is 0 Å². The molecule has 0 spiro atoms. The number of hydrogen-bond donors (Lipinski definition) is 0. The van der Waals surface area contributed by atoms with Crippen molar-refractivity contribution < 1.29 is 27.1 Å². The van der Waals surface area contributed by atoms with Crippen LogP contribution in [0.25, 0.3) is 0 Å². The Labute approximate surface area is 116 Å². The van der Waals surface area contributed by atoms with E-state index in [1.807, 2.05) is 0 Å². The van der Waals surface area contributed by atoms with Gasteiger partial charge >= 0.3 is 5.97 Å². The SMILES string of the molecule is CCOC(=O)CS(=O)(=O)CC(=O)Cc1ccccc1F. The van der Waals surface area contributed by atoms with E-state index >= 15 is 0 Å². The Kier molecular flexibility index (Phi) is 5.82. The van der Waals surface area contributed by atoms with E-state index in [9.17, 15) is 22.4 Å². The molecule has 0 aliphatic heterocycles. The topological polar surface area (TPSA) is 77.5 Å². The highest BCUT2D eigenvalue weighted by Gasteiger charge is 2.22. The highest BCUT2D eigenvalue weighted by molar-refractivity contribution is 7.92. The van der Waals surface area contributed by atoms with Crippen molar-refractivity contribution in [3.05, 3.63) is 35.6 Å². The van der Waals surface area contributed by atoms with Gasteiger partial charge in [-0.05, 0) is 18.6 Å². The number of rotatable bonds is 7. The highest BCUT2D eigenvalue weighted by Crippen LogP contribution is 2.08. The number of benzene rings is 1. The summed E-state index contributed by atoms with van der Waals surface area (Å²) in [5.74, 6) is -3.78. The minimum atomic E-state index is -3.88. The van der Waals surface area contributed by atoms with Gasteiger partial charge in [-0.3, -0.25) is 9.59 Å². The lowest BCUT2D eigenvalue weighted by molar-refractivity contribution is -0.139. The number of Topliss-reactive ketones (excluding diaryl/α,β-unsaturated/α-hetero) is 1. The lowest BCUT2D eigenvalue weighted by atomic mass is 10.1. The van der Waals surface area contributed by atoms with Crippen LogP contribution in [0.1, 0.15) is 12.5 Å². The van der Waals surface area contributed by atoms with Crippen LogP contribution in [0.5, 0.6) is 0 Å². The number of ketones is 1. The quantitative estimate of drug-likeness (QED) is 0.700. The predicted molar refractivity (Wildman–Crippen MR) is 70.4 cm³/mol. The van der Waals surface area contributed by atoms with E-state index in [2.05, 4.69) is 4.74 Å². The largest absolute Gasteiger partial charge is 0.465 e. The van der Waals surface area contributed by atoms with Crippen LogP contribution in [0.15, 0.2) is 24.3 Å². The van der Waals surface area contributed by atoms with Crippen LogP contribution in [0.2, 0.25) is 0 Å². The number of ether oxygens (including phenoxy) is 1. The normalized spacial score (nSPS) is 11.1. The number of carbonyl (C=O) groups is 2. The molecule has 0 aromatic heterocycles. The first-order valence-corrected chi connectivity index (χ1v) is 7.77. The summed E-state index contributed by atoms with van der Waals surface area (Å²) < 4.78 is 41.0. The third-order valence-corrected chi connectivity index (χ3v) is 3.81. The summed E-state index contributed by atoms with van der Waals surface area (Å²) in [6.45, 7) is 1.62. The zero-order chi connectivity index (χ0) is 15.2. The summed E-state index contributed by atoms with van der Waals surface area (Å²) in [4.78, 5) is 22.7.